The lowest BCUT2D eigenvalue weighted by molar-refractivity contribution is -0.383. The molecule has 108 valence electrons. The Morgan fingerprint density at radius 3 is 2.45 bits per heavy atom. The van der Waals surface area contributed by atoms with Gasteiger partial charge in [-0.3, -0.25) is 14.9 Å². The third-order valence-electron chi connectivity index (χ3n) is 3.30. The van der Waals surface area contributed by atoms with Crippen LogP contribution in [0.3, 0.4) is 0 Å². The van der Waals surface area contributed by atoms with Crippen LogP contribution in [0.2, 0.25) is 0 Å². The molecular formula is C16H11N3O3. The third kappa shape index (κ3) is 2.37. The lowest BCUT2D eigenvalue weighted by Crippen LogP contribution is -1.99. The SMILES string of the molecule is Nc1cc([N+](=O)[O-])c2ncc(-c3ccccc3)cc2c(=O)c1. The highest BCUT2D eigenvalue weighted by Gasteiger charge is 2.15. The number of hydrogen-bond donors (Lipinski definition) is 1. The van der Waals surface area contributed by atoms with E-state index in [1.54, 1.807) is 6.07 Å². The van der Waals surface area contributed by atoms with Crippen LogP contribution in [0.15, 0.2) is 59.5 Å². The summed E-state index contributed by atoms with van der Waals surface area (Å²) in [6.45, 7) is 0. The first-order chi connectivity index (χ1) is 10.6. The molecule has 6 heteroatoms. The fourth-order valence-electron chi connectivity index (χ4n) is 2.28. The predicted molar refractivity (Wildman–Crippen MR) is 84.5 cm³/mol. The van der Waals surface area contributed by atoms with Gasteiger partial charge in [-0.05, 0) is 11.6 Å². The minimum atomic E-state index is -0.590. The summed E-state index contributed by atoms with van der Waals surface area (Å²) in [6.07, 6.45) is 1.51. The molecule has 0 unspecified atom stereocenters. The molecule has 0 aliphatic heterocycles. The average Bonchev–Trinajstić information content (AvgIpc) is 2.64. The first kappa shape index (κ1) is 13.7. The Hall–Kier alpha value is -3.28. The molecule has 1 heterocycles. The monoisotopic (exact) mass is 293 g/mol. The quantitative estimate of drug-likeness (QED) is 0.578. The maximum Gasteiger partial charge on any atom is 0.297 e. The van der Waals surface area contributed by atoms with Crippen molar-refractivity contribution in [1.82, 2.24) is 4.98 Å². The highest BCUT2D eigenvalue weighted by atomic mass is 16.6. The minimum absolute atomic E-state index is 0.0337. The zero-order chi connectivity index (χ0) is 15.7. The maximum atomic E-state index is 12.2. The lowest BCUT2D eigenvalue weighted by Gasteiger charge is -2.01. The molecule has 22 heavy (non-hydrogen) atoms. The van der Waals surface area contributed by atoms with Gasteiger partial charge in [0.2, 0.25) is 0 Å². The molecule has 0 fully saturated rings. The molecule has 1 aromatic heterocycles. The Kier molecular flexibility index (Phi) is 3.27. The molecule has 0 spiro atoms. The smallest absolute Gasteiger partial charge is 0.297 e. The second-order valence-electron chi connectivity index (χ2n) is 4.78. The number of nitrogens with zero attached hydrogens (tertiary/aromatic N) is 2. The van der Waals surface area contributed by atoms with E-state index in [9.17, 15) is 14.9 Å². The zero-order valence-electron chi connectivity index (χ0n) is 11.4. The lowest BCUT2D eigenvalue weighted by atomic mass is 10.1. The van der Waals surface area contributed by atoms with Crippen molar-refractivity contribution in [3.63, 3.8) is 0 Å². The molecule has 3 rings (SSSR count). The van der Waals surface area contributed by atoms with Gasteiger partial charge in [0.1, 0.15) is 0 Å². The van der Waals surface area contributed by atoms with Crippen LogP contribution in [0.25, 0.3) is 22.0 Å². The molecule has 0 saturated heterocycles. The van der Waals surface area contributed by atoms with Gasteiger partial charge in [0.15, 0.2) is 10.9 Å². The van der Waals surface area contributed by atoms with Crippen LogP contribution in [0.5, 0.6) is 0 Å². The number of nitrogens with two attached hydrogens (primary N) is 1. The standard InChI is InChI=1S/C16H11N3O3/c17-12-7-14(19(21)22)16-13(15(20)8-12)6-11(9-18-16)10-4-2-1-3-5-10/h1-9H,17H2. The van der Waals surface area contributed by atoms with E-state index in [2.05, 4.69) is 4.98 Å². The summed E-state index contributed by atoms with van der Waals surface area (Å²) in [4.78, 5) is 26.9. The largest absolute Gasteiger partial charge is 0.398 e. The van der Waals surface area contributed by atoms with Crippen LogP contribution in [0.1, 0.15) is 0 Å². The molecule has 0 aliphatic carbocycles. The summed E-state index contributed by atoms with van der Waals surface area (Å²) in [5, 5.41) is 11.4. The Morgan fingerprint density at radius 2 is 1.77 bits per heavy atom. The molecule has 0 atom stereocenters. The van der Waals surface area contributed by atoms with Crippen molar-refractivity contribution < 1.29 is 4.92 Å². The number of fused-ring (bicyclic) bond motifs is 1. The van der Waals surface area contributed by atoms with Gasteiger partial charge in [-0.15, -0.1) is 0 Å². The average molecular weight is 293 g/mol. The van der Waals surface area contributed by atoms with Crippen molar-refractivity contribution in [2.24, 2.45) is 0 Å². The summed E-state index contributed by atoms with van der Waals surface area (Å²) in [6, 6.07) is 13.3. The molecular weight excluding hydrogens is 282 g/mol. The molecule has 2 aromatic carbocycles. The Balaban J connectivity index is 2.39. The van der Waals surface area contributed by atoms with Crippen molar-refractivity contribution in [2.45, 2.75) is 0 Å². The van der Waals surface area contributed by atoms with Crippen molar-refractivity contribution in [1.29, 1.82) is 0 Å². The van der Waals surface area contributed by atoms with E-state index < -0.39 is 10.4 Å². The van der Waals surface area contributed by atoms with Crippen LogP contribution in [0.4, 0.5) is 11.4 Å². The van der Waals surface area contributed by atoms with Crippen LogP contribution in [-0.2, 0) is 0 Å². The minimum Gasteiger partial charge on any atom is -0.398 e. The first-order valence-corrected chi connectivity index (χ1v) is 6.49. The molecule has 0 saturated carbocycles. The Labute approximate surface area is 125 Å². The van der Waals surface area contributed by atoms with Crippen molar-refractivity contribution in [3.05, 3.63) is 75.1 Å². The summed E-state index contributed by atoms with van der Waals surface area (Å²) >= 11 is 0. The molecule has 0 bridgehead atoms. The maximum absolute atomic E-state index is 12.2. The van der Waals surface area contributed by atoms with Gasteiger partial charge >= 0.3 is 0 Å². The van der Waals surface area contributed by atoms with Crippen LogP contribution in [0, 0.1) is 10.1 Å². The van der Waals surface area contributed by atoms with Gasteiger partial charge in [0, 0.05) is 29.6 Å². The topological polar surface area (TPSA) is 99.1 Å². The second-order valence-corrected chi connectivity index (χ2v) is 4.78. The van der Waals surface area contributed by atoms with Crippen LogP contribution in [-0.4, -0.2) is 9.91 Å². The highest BCUT2D eigenvalue weighted by molar-refractivity contribution is 5.90. The molecule has 0 amide bonds. The molecule has 0 aliphatic rings. The number of aromatic nitrogens is 1. The second kappa shape index (κ2) is 5.25. The summed E-state index contributed by atoms with van der Waals surface area (Å²) in [5.41, 5.74) is 6.59. The van der Waals surface area contributed by atoms with Crippen LogP contribution >= 0.6 is 0 Å². The van der Waals surface area contributed by atoms with E-state index in [1.165, 1.54) is 12.3 Å². The van der Waals surface area contributed by atoms with Crippen molar-refractivity contribution in [2.75, 3.05) is 5.73 Å². The van der Waals surface area contributed by atoms with Crippen molar-refractivity contribution in [3.8, 4) is 11.1 Å². The van der Waals surface area contributed by atoms with Gasteiger partial charge in [0.25, 0.3) is 5.69 Å². The number of benzene rings is 1. The highest BCUT2D eigenvalue weighted by Crippen LogP contribution is 2.26. The first-order valence-electron chi connectivity index (χ1n) is 6.49. The van der Waals surface area contributed by atoms with E-state index in [4.69, 9.17) is 5.73 Å². The Morgan fingerprint density at radius 1 is 1.05 bits per heavy atom. The summed E-state index contributed by atoms with van der Waals surface area (Å²) in [7, 11) is 0. The molecule has 2 N–H and O–H groups in total. The fourth-order valence-corrected chi connectivity index (χ4v) is 2.28. The number of rotatable bonds is 2. The van der Waals surface area contributed by atoms with Gasteiger partial charge in [0.05, 0.1) is 10.3 Å². The van der Waals surface area contributed by atoms with Gasteiger partial charge < -0.3 is 5.73 Å². The Bertz CT molecular complexity index is 940. The van der Waals surface area contributed by atoms with E-state index in [1.807, 2.05) is 30.3 Å². The van der Waals surface area contributed by atoms with Gasteiger partial charge in [-0.1, -0.05) is 30.3 Å². The van der Waals surface area contributed by atoms with Gasteiger partial charge in [-0.25, -0.2) is 4.98 Å². The number of nitrogen functional groups attached to an aromatic ring is 1. The van der Waals surface area contributed by atoms with Crippen LogP contribution < -0.4 is 11.2 Å². The number of hydrogen-bond acceptors (Lipinski definition) is 5. The summed E-state index contributed by atoms with van der Waals surface area (Å²) < 4.78 is 0. The number of nitro groups is 1. The van der Waals surface area contributed by atoms with E-state index >= 15 is 0 Å². The van der Waals surface area contributed by atoms with E-state index in [0.29, 0.717) is 5.56 Å². The normalized spacial score (nSPS) is 10.5. The predicted octanol–water partition coefficient (Wildman–Crippen LogP) is 2.75. The molecule has 3 aromatic rings. The molecule has 6 nitrogen and oxygen atoms in total. The number of anilines is 1. The number of pyridine rings is 1. The fraction of sp³-hybridized carbons (Fsp3) is 0. The van der Waals surface area contributed by atoms with Gasteiger partial charge in [-0.2, -0.15) is 0 Å². The molecule has 0 radical (unpaired) electrons. The van der Waals surface area contributed by atoms with Crippen molar-refractivity contribution >= 4 is 22.3 Å². The van der Waals surface area contributed by atoms with E-state index in [0.717, 1.165) is 11.6 Å². The third-order valence-corrected chi connectivity index (χ3v) is 3.30. The van der Waals surface area contributed by atoms with E-state index in [-0.39, 0.29) is 22.3 Å². The zero-order valence-corrected chi connectivity index (χ0v) is 11.4. The summed E-state index contributed by atoms with van der Waals surface area (Å²) in [5.74, 6) is 0.